The van der Waals surface area contributed by atoms with Crippen LogP contribution in [0.25, 0.3) is 10.9 Å². The second-order valence-electron chi connectivity index (χ2n) is 6.40. The van der Waals surface area contributed by atoms with Gasteiger partial charge in [-0.15, -0.1) is 11.6 Å². The Bertz CT molecular complexity index is 985. The minimum atomic E-state index is -0.0529. The monoisotopic (exact) mass is 436 g/mol. The number of benzene rings is 1. The Morgan fingerprint density at radius 3 is 2.69 bits per heavy atom. The number of nitrogens with one attached hydrogen (secondary N) is 1. The van der Waals surface area contributed by atoms with Crippen LogP contribution in [0.3, 0.4) is 0 Å². The van der Waals surface area contributed by atoms with Gasteiger partial charge in [0.15, 0.2) is 5.82 Å². The molecule has 2 heterocycles. The van der Waals surface area contributed by atoms with Crippen molar-refractivity contribution in [1.82, 2.24) is 15.0 Å². The van der Waals surface area contributed by atoms with Crippen LogP contribution in [0, 0.1) is 0 Å². The van der Waals surface area contributed by atoms with Gasteiger partial charge < -0.3 is 19.5 Å². The van der Waals surface area contributed by atoms with E-state index in [1.165, 1.54) is 6.33 Å². The Hall–Kier alpha value is -2.51. The van der Waals surface area contributed by atoms with Crippen LogP contribution in [0.1, 0.15) is 20.3 Å². The topological polar surface area (TPSA) is 78.4 Å². The summed E-state index contributed by atoms with van der Waals surface area (Å²) < 4.78 is 17.0. The molecule has 0 amide bonds. The van der Waals surface area contributed by atoms with Gasteiger partial charge in [0.2, 0.25) is 5.88 Å². The maximum atomic E-state index is 6.29. The Balaban J connectivity index is 2.05. The second-order valence-corrected chi connectivity index (χ2v) is 7.19. The molecule has 29 heavy (non-hydrogen) atoms. The number of methoxy groups -OCH3 is 1. The highest BCUT2D eigenvalue weighted by Crippen LogP contribution is 2.37. The summed E-state index contributed by atoms with van der Waals surface area (Å²) in [6.45, 7) is 4.41. The van der Waals surface area contributed by atoms with Crippen LogP contribution < -0.4 is 19.5 Å². The van der Waals surface area contributed by atoms with Gasteiger partial charge in [-0.2, -0.15) is 4.98 Å². The molecule has 1 N–H and O–H groups in total. The minimum Gasteiger partial charge on any atom is -0.493 e. The molecule has 0 unspecified atom stereocenters. The second kappa shape index (κ2) is 9.80. The summed E-state index contributed by atoms with van der Waals surface area (Å²) in [6.07, 6.45) is 2.15. The molecule has 0 spiro atoms. The molecule has 3 rings (SSSR count). The largest absolute Gasteiger partial charge is 0.493 e. The predicted molar refractivity (Wildman–Crippen MR) is 115 cm³/mol. The average molecular weight is 437 g/mol. The van der Waals surface area contributed by atoms with Gasteiger partial charge in [0.1, 0.15) is 23.6 Å². The molecule has 154 valence electrons. The van der Waals surface area contributed by atoms with Crippen LogP contribution in [0.2, 0.25) is 5.02 Å². The molecule has 2 aromatic heterocycles. The standard InChI is InChI=1S/C20H22Cl2N4O3/c1-12(2)29-16-10-13(28-8-4-7-21)9-15-18(16)20(24-11-23-15)26-19-14(22)5-6-17(25-19)27-3/h5-6,9-12H,4,7-8H2,1-3H3,(H,23,24,25,26). The van der Waals surface area contributed by atoms with E-state index in [4.69, 9.17) is 37.4 Å². The van der Waals surface area contributed by atoms with Crippen molar-refractivity contribution >= 4 is 45.7 Å². The van der Waals surface area contributed by atoms with Crippen LogP contribution in [0.5, 0.6) is 17.4 Å². The van der Waals surface area contributed by atoms with Gasteiger partial charge in [-0.05, 0) is 26.3 Å². The van der Waals surface area contributed by atoms with E-state index in [9.17, 15) is 0 Å². The van der Waals surface area contributed by atoms with Gasteiger partial charge in [0.05, 0.1) is 35.7 Å². The molecule has 0 aliphatic heterocycles. The highest BCUT2D eigenvalue weighted by atomic mass is 35.5. The van der Waals surface area contributed by atoms with Crippen LogP contribution in [-0.2, 0) is 0 Å². The number of halogens is 2. The smallest absolute Gasteiger partial charge is 0.214 e. The summed E-state index contributed by atoms with van der Waals surface area (Å²) in [5, 5.41) is 4.30. The van der Waals surface area contributed by atoms with Crippen molar-refractivity contribution in [3.05, 3.63) is 35.6 Å². The number of hydrogen-bond acceptors (Lipinski definition) is 7. The van der Waals surface area contributed by atoms with E-state index in [-0.39, 0.29) is 6.10 Å². The Morgan fingerprint density at radius 2 is 1.97 bits per heavy atom. The maximum absolute atomic E-state index is 6.29. The van der Waals surface area contributed by atoms with Gasteiger partial charge in [-0.25, -0.2) is 9.97 Å². The minimum absolute atomic E-state index is 0.0529. The molecule has 0 aliphatic rings. The van der Waals surface area contributed by atoms with Crippen molar-refractivity contribution in [2.45, 2.75) is 26.4 Å². The third-order valence-electron chi connectivity index (χ3n) is 3.85. The molecule has 0 radical (unpaired) electrons. The van der Waals surface area contributed by atoms with Crippen molar-refractivity contribution < 1.29 is 14.2 Å². The van der Waals surface area contributed by atoms with Crippen molar-refractivity contribution in [2.24, 2.45) is 0 Å². The first-order valence-corrected chi connectivity index (χ1v) is 10.0. The number of hydrogen-bond donors (Lipinski definition) is 1. The fraction of sp³-hybridized carbons (Fsp3) is 0.350. The van der Waals surface area contributed by atoms with E-state index in [1.807, 2.05) is 26.0 Å². The molecule has 3 aromatic rings. The molecular weight excluding hydrogens is 415 g/mol. The number of pyridine rings is 1. The van der Waals surface area contributed by atoms with E-state index in [1.54, 1.807) is 19.2 Å². The van der Waals surface area contributed by atoms with Gasteiger partial charge in [-0.1, -0.05) is 11.6 Å². The molecular formula is C20H22Cl2N4O3. The lowest BCUT2D eigenvalue weighted by Gasteiger charge is -2.17. The number of ether oxygens (including phenoxy) is 3. The van der Waals surface area contributed by atoms with Gasteiger partial charge in [-0.3, -0.25) is 0 Å². The summed E-state index contributed by atoms with van der Waals surface area (Å²) >= 11 is 12.0. The first-order chi connectivity index (χ1) is 14.0. The van der Waals surface area contributed by atoms with Crippen molar-refractivity contribution in [2.75, 3.05) is 24.9 Å². The van der Waals surface area contributed by atoms with Crippen LogP contribution in [-0.4, -0.2) is 40.7 Å². The lowest BCUT2D eigenvalue weighted by Crippen LogP contribution is -2.08. The van der Waals surface area contributed by atoms with Crippen molar-refractivity contribution in [3.8, 4) is 17.4 Å². The number of alkyl halides is 1. The number of fused-ring (bicyclic) bond motifs is 1. The highest BCUT2D eigenvalue weighted by Gasteiger charge is 2.16. The third-order valence-corrected chi connectivity index (χ3v) is 4.42. The van der Waals surface area contributed by atoms with Crippen LogP contribution in [0.15, 0.2) is 30.6 Å². The van der Waals surface area contributed by atoms with Crippen LogP contribution in [0.4, 0.5) is 11.6 Å². The van der Waals surface area contributed by atoms with E-state index >= 15 is 0 Å². The molecule has 1 aromatic carbocycles. The molecule has 9 heteroatoms. The summed E-state index contributed by atoms with van der Waals surface area (Å²) in [7, 11) is 1.54. The van der Waals surface area contributed by atoms with E-state index in [0.717, 1.165) is 6.42 Å². The van der Waals surface area contributed by atoms with Crippen molar-refractivity contribution in [3.63, 3.8) is 0 Å². The van der Waals surface area contributed by atoms with E-state index in [2.05, 4.69) is 20.3 Å². The molecule has 0 atom stereocenters. The average Bonchev–Trinajstić information content (AvgIpc) is 2.69. The van der Waals surface area contributed by atoms with E-state index in [0.29, 0.717) is 57.4 Å². The van der Waals surface area contributed by atoms with Crippen LogP contribution >= 0.6 is 23.2 Å². The first kappa shape index (κ1) is 21.2. The number of anilines is 2. The summed E-state index contributed by atoms with van der Waals surface area (Å²) in [4.78, 5) is 13.1. The summed E-state index contributed by atoms with van der Waals surface area (Å²) in [5.41, 5.74) is 0.667. The van der Waals surface area contributed by atoms with Crippen molar-refractivity contribution in [1.29, 1.82) is 0 Å². The predicted octanol–water partition coefficient (Wildman–Crippen LogP) is 5.23. The first-order valence-electron chi connectivity index (χ1n) is 9.13. The Labute approximate surface area is 179 Å². The number of rotatable bonds is 9. The Kier molecular flexibility index (Phi) is 7.17. The SMILES string of the molecule is COc1ccc(Cl)c(Nc2ncnc3cc(OCCCCl)cc(OC(C)C)c23)n1. The fourth-order valence-corrected chi connectivity index (χ4v) is 2.90. The molecule has 0 saturated carbocycles. The zero-order valence-electron chi connectivity index (χ0n) is 16.4. The van der Waals surface area contributed by atoms with Gasteiger partial charge in [0, 0.05) is 24.1 Å². The Morgan fingerprint density at radius 1 is 1.14 bits per heavy atom. The zero-order valence-corrected chi connectivity index (χ0v) is 17.9. The quantitative estimate of drug-likeness (QED) is 0.363. The van der Waals surface area contributed by atoms with Gasteiger partial charge >= 0.3 is 0 Å². The number of nitrogens with zero attached hydrogens (tertiary/aromatic N) is 3. The lowest BCUT2D eigenvalue weighted by atomic mass is 10.2. The normalized spacial score (nSPS) is 11.0. The molecule has 7 nitrogen and oxygen atoms in total. The van der Waals surface area contributed by atoms with Gasteiger partial charge in [0.25, 0.3) is 0 Å². The molecule has 0 aliphatic carbocycles. The molecule has 0 saturated heterocycles. The summed E-state index contributed by atoms with van der Waals surface area (Å²) in [5.74, 6) is 3.16. The lowest BCUT2D eigenvalue weighted by molar-refractivity contribution is 0.243. The highest BCUT2D eigenvalue weighted by molar-refractivity contribution is 6.33. The maximum Gasteiger partial charge on any atom is 0.214 e. The number of aromatic nitrogens is 3. The third kappa shape index (κ3) is 5.31. The molecule has 0 bridgehead atoms. The molecule has 0 fully saturated rings. The van der Waals surface area contributed by atoms with E-state index < -0.39 is 0 Å². The summed E-state index contributed by atoms with van der Waals surface area (Å²) in [6, 6.07) is 7.05. The zero-order chi connectivity index (χ0) is 20.8. The fourth-order valence-electron chi connectivity index (χ4n) is 2.64.